The molecule has 1 saturated heterocycles. The summed E-state index contributed by atoms with van der Waals surface area (Å²) in [5.74, 6) is -1.71. The average molecular weight is 253 g/mol. The summed E-state index contributed by atoms with van der Waals surface area (Å²) in [5, 5.41) is 0. The monoisotopic (exact) mass is 253 g/mol. The van der Waals surface area contributed by atoms with Crippen LogP contribution in [-0.2, 0) is 14.3 Å². The molecule has 0 radical (unpaired) electrons. The van der Waals surface area contributed by atoms with E-state index in [9.17, 15) is 22.8 Å². The summed E-state index contributed by atoms with van der Waals surface area (Å²) in [7, 11) is 1.16. The molecule has 0 aromatic rings. The normalized spacial score (nSPS) is 21.2. The van der Waals surface area contributed by atoms with Gasteiger partial charge in [-0.25, -0.2) is 4.79 Å². The Morgan fingerprint density at radius 1 is 1.35 bits per heavy atom. The SMILES string of the molecule is COC(=O)[C@H]1CCCCN1C(=O)CC(F)(F)F. The summed E-state index contributed by atoms with van der Waals surface area (Å²) in [6.07, 6.45) is -4.40. The zero-order chi connectivity index (χ0) is 13.1. The van der Waals surface area contributed by atoms with E-state index in [4.69, 9.17) is 0 Å². The maximum atomic E-state index is 12.1. The molecule has 7 heteroatoms. The van der Waals surface area contributed by atoms with Gasteiger partial charge in [-0.05, 0) is 19.3 Å². The van der Waals surface area contributed by atoms with E-state index in [0.717, 1.165) is 12.0 Å². The number of carbonyl (C=O) groups excluding carboxylic acids is 2. The average Bonchev–Trinajstić information content (AvgIpc) is 2.25. The summed E-state index contributed by atoms with van der Waals surface area (Å²) < 4.78 is 40.8. The predicted octanol–water partition coefficient (Wildman–Crippen LogP) is 1.49. The van der Waals surface area contributed by atoms with Gasteiger partial charge in [-0.2, -0.15) is 13.2 Å². The molecule has 17 heavy (non-hydrogen) atoms. The van der Waals surface area contributed by atoms with Gasteiger partial charge in [0.15, 0.2) is 0 Å². The molecule has 0 aromatic heterocycles. The van der Waals surface area contributed by atoms with E-state index in [2.05, 4.69) is 4.74 Å². The van der Waals surface area contributed by atoms with E-state index in [1.54, 1.807) is 0 Å². The lowest BCUT2D eigenvalue weighted by Gasteiger charge is -2.33. The number of hydrogen-bond acceptors (Lipinski definition) is 3. The molecular weight excluding hydrogens is 239 g/mol. The van der Waals surface area contributed by atoms with Crippen molar-refractivity contribution in [2.75, 3.05) is 13.7 Å². The fourth-order valence-electron chi connectivity index (χ4n) is 1.88. The number of halogens is 3. The van der Waals surface area contributed by atoms with Crippen molar-refractivity contribution < 1.29 is 27.5 Å². The molecule has 1 aliphatic rings. The molecule has 0 bridgehead atoms. The molecule has 0 N–H and O–H groups in total. The number of hydrogen-bond donors (Lipinski definition) is 0. The number of esters is 1. The van der Waals surface area contributed by atoms with Crippen LogP contribution < -0.4 is 0 Å². The molecule has 1 atom stereocenters. The van der Waals surface area contributed by atoms with Gasteiger partial charge in [0.25, 0.3) is 0 Å². The lowest BCUT2D eigenvalue weighted by Crippen LogP contribution is -2.49. The van der Waals surface area contributed by atoms with Crippen molar-refractivity contribution in [2.45, 2.75) is 37.9 Å². The van der Waals surface area contributed by atoms with Crippen molar-refractivity contribution in [1.29, 1.82) is 0 Å². The largest absolute Gasteiger partial charge is 0.467 e. The van der Waals surface area contributed by atoms with Gasteiger partial charge in [0, 0.05) is 6.54 Å². The van der Waals surface area contributed by atoms with Gasteiger partial charge in [0.05, 0.1) is 7.11 Å². The zero-order valence-electron chi connectivity index (χ0n) is 9.42. The number of nitrogens with zero attached hydrogens (tertiary/aromatic N) is 1. The molecule has 0 aliphatic carbocycles. The van der Waals surface area contributed by atoms with E-state index < -0.39 is 30.5 Å². The first-order valence-electron chi connectivity index (χ1n) is 5.29. The van der Waals surface area contributed by atoms with E-state index >= 15 is 0 Å². The molecule has 1 rings (SSSR count). The van der Waals surface area contributed by atoms with Gasteiger partial charge in [-0.3, -0.25) is 4.79 Å². The van der Waals surface area contributed by atoms with Crippen molar-refractivity contribution in [3.05, 3.63) is 0 Å². The Kier molecular flexibility index (Phi) is 4.36. The van der Waals surface area contributed by atoms with Crippen molar-refractivity contribution in [2.24, 2.45) is 0 Å². The highest BCUT2D eigenvalue weighted by Crippen LogP contribution is 2.25. The Balaban J connectivity index is 2.71. The van der Waals surface area contributed by atoms with Gasteiger partial charge >= 0.3 is 12.1 Å². The highest BCUT2D eigenvalue weighted by Gasteiger charge is 2.38. The number of carbonyl (C=O) groups is 2. The summed E-state index contributed by atoms with van der Waals surface area (Å²) in [6, 6.07) is -0.872. The molecule has 98 valence electrons. The Hall–Kier alpha value is -1.27. The third-order valence-electron chi connectivity index (χ3n) is 2.65. The third-order valence-corrected chi connectivity index (χ3v) is 2.65. The van der Waals surface area contributed by atoms with Crippen LogP contribution in [0.2, 0.25) is 0 Å². The molecule has 0 spiro atoms. The second-order valence-electron chi connectivity index (χ2n) is 3.91. The zero-order valence-corrected chi connectivity index (χ0v) is 9.42. The molecule has 1 aliphatic heterocycles. The number of methoxy groups -OCH3 is 1. The predicted molar refractivity (Wildman–Crippen MR) is 52.0 cm³/mol. The summed E-state index contributed by atoms with van der Waals surface area (Å²) in [6.45, 7) is 0.175. The molecule has 0 aromatic carbocycles. The van der Waals surface area contributed by atoms with E-state index in [0.29, 0.717) is 19.3 Å². The van der Waals surface area contributed by atoms with E-state index in [1.807, 2.05) is 0 Å². The number of ether oxygens (including phenoxy) is 1. The minimum atomic E-state index is -4.55. The molecule has 1 amide bonds. The van der Waals surface area contributed by atoms with Crippen LogP contribution in [0.3, 0.4) is 0 Å². The summed E-state index contributed by atoms with van der Waals surface area (Å²) in [5.41, 5.74) is 0. The van der Waals surface area contributed by atoms with E-state index in [1.165, 1.54) is 0 Å². The van der Waals surface area contributed by atoms with Crippen molar-refractivity contribution in [3.63, 3.8) is 0 Å². The van der Waals surface area contributed by atoms with Gasteiger partial charge in [0.1, 0.15) is 12.5 Å². The maximum absolute atomic E-state index is 12.1. The van der Waals surface area contributed by atoms with Crippen LogP contribution in [-0.4, -0.2) is 42.6 Å². The standard InChI is InChI=1S/C10H14F3NO3/c1-17-9(16)7-4-2-3-5-14(7)8(15)6-10(11,12)13/h7H,2-6H2,1H3/t7-/m1/s1. The Morgan fingerprint density at radius 2 is 2.00 bits per heavy atom. The van der Waals surface area contributed by atoms with Crippen LogP contribution in [0.5, 0.6) is 0 Å². The van der Waals surface area contributed by atoms with Gasteiger partial charge in [0.2, 0.25) is 5.91 Å². The van der Waals surface area contributed by atoms with Crippen molar-refractivity contribution in [3.8, 4) is 0 Å². The number of rotatable bonds is 2. The third kappa shape index (κ3) is 3.90. The van der Waals surface area contributed by atoms with Crippen LogP contribution in [0.15, 0.2) is 0 Å². The first-order chi connectivity index (χ1) is 7.85. The Bertz CT molecular complexity index is 304. The van der Waals surface area contributed by atoms with Crippen LogP contribution in [0, 0.1) is 0 Å². The molecule has 0 unspecified atom stereocenters. The fraction of sp³-hybridized carbons (Fsp3) is 0.800. The topological polar surface area (TPSA) is 46.6 Å². The second-order valence-corrected chi connectivity index (χ2v) is 3.91. The molecule has 1 fully saturated rings. The van der Waals surface area contributed by atoms with Crippen molar-refractivity contribution >= 4 is 11.9 Å². The molecule has 1 heterocycles. The number of alkyl halides is 3. The maximum Gasteiger partial charge on any atom is 0.397 e. The van der Waals surface area contributed by atoms with Crippen molar-refractivity contribution in [1.82, 2.24) is 4.90 Å². The fourth-order valence-corrected chi connectivity index (χ4v) is 1.88. The number of likely N-dealkylation sites (tertiary alicyclic amines) is 1. The quantitative estimate of drug-likeness (QED) is 0.700. The minimum absolute atomic E-state index is 0.175. The van der Waals surface area contributed by atoms with Crippen LogP contribution in [0.25, 0.3) is 0 Å². The molecular formula is C10H14F3NO3. The summed E-state index contributed by atoms with van der Waals surface area (Å²) in [4.78, 5) is 23.8. The smallest absolute Gasteiger partial charge is 0.397 e. The first-order valence-corrected chi connectivity index (χ1v) is 5.29. The van der Waals surface area contributed by atoms with Gasteiger partial charge in [-0.15, -0.1) is 0 Å². The lowest BCUT2D eigenvalue weighted by molar-refractivity contribution is -0.169. The van der Waals surface area contributed by atoms with Gasteiger partial charge < -0.3 is 9.64 Å². The molecule has 0 saturated carbocycles. The second kappa shape index (κ2) is 5.37. The minimum Gasteiger partial charge on any atom is -0.467 e. The number of piperidine rings is 1. The van der Waals surface area contributed by atoms with E-state index in [-0.39, 0.29) is 6.54 Å². The molecule has 4 nitrogen and oxygen atoms in total. The van der Waals surface area contributed by atoms with Gasteiger partial charge in [-0.1, -0.05) is 0 Å². The van der Waals surface area contributed by atoms with Crippen LogP contribution in [0.1, 0.15) is 25.7 Å². The highest BCUT2D eigenvalue weighted by molar-refractivity contribution is 5.85. The summed E-state index contributed by atoms with van der Waals surface area (Å²) >= 11 is 0. The number of amides is 1. The highest BCUT2D eigenvalue weighted by atomic mass is 19.4. The van der Waals surface area contributed by atoms with Crippen LogP contribution >= 0.6 is 0 Å². The Morgan fingerprint density at radius 3 is 2.53 bits per heavy atom. The lowest BCUT2D eigenvalue weighted by atomic mass is 10.0. The van der Waals surface area contributed by atoms with Crippen LogP contribution in [0.4, 0.5) is 13.2 Å². The Labute approximate surface area is 96.7 Å². The first kappa shape index (κ1) is 13.8.